The molecule has 1 N–H and O–H groups in total. The molecule has 0 radical (unpaired) electrons. The molecule has 0 saturated heterocycles. The Kier molecular flexibility index (Phi) is 8.05. The van der Waals surface area contributed by atoms with Crippen LogP contribution in [0.2, 0.25) is 0 Å². The maximum Gasteiger partial charge on any atom is 0.506 e. The van der Waals surface area contributed by atoms with E-state index >= 15 is 0 Å². The van der Waals surface area contributed by atoms with E-state index in [9.17, 15) is 4.79 Å². The Balaban J connectivity index is 2.66. The zero-order chi connectivity index (χ0) is 14.3. The minimum absolute atomic E-state index is 0.238. The van der Waals surface area contributed by atoms with E-state index in [-0.39, 0.29) is 6.10 Å². The Morgan fingerprint density at radius 1 is 1.26 bits per heavy atom. The number of ether oxygens (including phenoxy) is 1. The van der Waals surface area contributed by atoms with Gasteiger partial charge in [0.15, 0.2) is 0 Å². The number of hydrogen-bond acceptors (Lipinski definition) is 2. The fourth-order valence-corrected chi connectivity index (χ4v) is 4.03. The minimum atomic E-state index is -1.18. The van der Waals surface area contributed by atoms with E-state index in [1.165, 1.54) is 7.14 Å². The number of benzene rings is 1. The van der Waals surface area contributed by atoms with Crippen LogP contribution in [0.5, 0.6) is 0 Å². The van der Waals surface area contributed by atoms with Crippen LogP contribution in [0.3, 0.4) is 0 Å². The van der Waals surface area contributed by atoms with Gasteiger partial charge in [0.2, 0.25) is 0 Å². The van der Waals surface area contributed by atoms with Gasteiger partial charge in [-0.1, -0.05) is 19.8 Å². The molecule has 0 aromatic heterocycles. The van der Waals surface area contributed by atoms with Gasteiger partial charge in [-0.05, 0) is 81.8 Å². The molecular formula is C14H18I2O3. The molecule has 1 rings (SSSR count). The van der Waals surface area contributed by atoms with E-state index in [1.54, 1.807) is 0 Å². The van der Waals surface area contributed by atoms with E-state index in [0.29, 0.717) is 6.42 Å². The van der Waals surface area contributed by atoms with E-state index < -0.39 is 6.16 Å². The summed E-state index contributed by atoms with van der Waals surface area (Å²) in [7, 11) is 0. The van der Waals surface area contributed by atoms with Crippen LogP contribution in [-0.2, 0) is 11.2 Å². The van der Waals surface area contributed by atoms with Gasteiger partial charge in [0.05, 0.1) is 0 Å². The van der Waals surface area contributed by atoms with E-state index in [4.69, 9.17) is 9.84 Å². The predicted octanol–water partition coefficient (Wildman–Crippen LogP) is 5.08. The van der Waals surface area contributed by atoms with Crippen LogP contribution in [0.15, 0.2) is 18.2 Å². The van der Waals surface area contributed by atoms with Crippen LogP contribution in [-0.4, -0.2) is 17.4 Å². The molecule has 106 valence electrons. The molecule has 1 aromatic rings. The molecule has 1 unspecified atom stereocenters. The number of halogens is 2. The van der Waals surface area contributed by atoms with Crippen molar-refractivity contribution in [3.63, 3.8) is 0 Å². The third-order valence-corrected chi connectivity index (χ3v) is 4.03. The lowest BCUT2D eigenvalue weighted by atomic mass is 10.0. The lowest BCUT2D eigenvalue weighted by molar-refractivity contribution is 0.0473. The average Bonchev–Trinajstić information content (AvgIpc) is 2.26. The van der Waals surface area contributed by atoms with Gasteiger partial charge in [0.1, 0.15) is 6.10 Å². The number of carbonyl (C=O) groups is 1. The van der Waals surface area contributed by atoms with Crippen LogP contribution in [0, 0.1) is 7.14 Å². The monoisotopic (exact) mass is 488 g/mol. The Bertz CT molecular complexity index is 401. The SMILES string of the molecule is CCCCCC(Cc1cc(I)cc(I)c1)OC(=O)O. The molecule has 0 aliphatic heterocycles. The van der Waals surface area contributed by atoms with Gasteiger partial charge >= 0.3 is 6.16 Å². The highest BCUT2D eigenvalue weighted by molar-refractivity contribution is 14.1. The van der Waals surface area contributed by atoms with Gasteiger partial charge in [-0.3, -0.25) is 0 Å². The number of unbranched alkanes of at least 4 members (excludes halogenated alkanes) is 2. The number of rotatable bonds is 7. The first kappa shape index (κ1) is 17.0. The van der Waals surface area contributed by atoms with Crippen molar-refractivity contribution >= 4 is 51.3 Å². The van der Waals surface area contributed by atoms with Crippen LogP contribution < -0.4 is 0 Å². The normalized spacial score (nSPS) is 12.2. The van der Waals surface area contributed by atoms with Crippen molar-refractivity contribution in [1.29, 1.82) is 0 Å². The van der Waals surface area contributed by atoms with Crippen LogP contribution in [0.25, 0.3) is 0 Å². The Hall–Kier alpha value is -0.0500. The first-order valence-electron chi connectivity index (χ1n) is 6.35. The van der Waals surface area contributed by atoms with Gasteiger partial charge < -0.3 is 9.84 Å². The average molecular weight is 488 g/mol. The highest BCUT2D eigenvalue weighted by atomic mass is 127. The fourth-order valence-electron chi connectivity index (χ4n) is 1.96. The summed E-state index contributed by atoms with van der Waals surface area (Å²) >= 11 is 4.55. The molecule has 0 amide bonds. The van der Waals surface area contributed by atoms with Gasteiger partial charge in [-0.2, -0.15) is 0 Å². The second-order valence-corrected chi connectivity index (χ2v) is 6.97. The predicted molar refractivity (Wildman–Crippen MR) is 92.6 cm³/mol. The summed E-state index contributed by atoms with van der Waals surface area (Å²) in [6, 6.07) is 6.26. The van der Waals surface area contributed by atoms with Crippen molar-refractivity contribution < 1.29 is 14.6 Å². The van der Waals surface area contributed by atoms with Crippen LogP contribution in [0.1, 0.15) is 38.2 Å². The largest absolute Gasteiger partial charge is 0.506 e. The molecule has 0 bridgehead atoms. The maximum absolute atomic E-state index is 10.7. The zero-order valence-corrected chi connectivity index (χ0v) is 15.2. The highest BCUT2D eigenvalue weighted by Gasteiger charge is 2.14. The summed E-state index contributed by atoms with van der Waals surface area (Å²) in [5.41, 5.74) is 1.14. The molecule has 0 saturated carbocycles. The number of carboxylic acid groups (broad SMARTS) is 1. The van der Waals surface area contributed by atoms with Crippen molar-refractivity contribution in [2.75, 3.05) is 0 Å². The van der Waals surface area contributed by atoms with Gasteiger partial charge in [-0.15, -0.1) is 0 Å². The Labute approximate surface area is 141 Å². The first-order chi connectivity index (χ1) is 9.01. The van der Waals surface area contributed by atoms with Crippen molar-refractivity contribution in [1.82, 2.24) is 0 Å². The van der Waals surface area contributed by atoms with Gasteiger partial charge in [0.25, 0.3) is 0 Å². The zero-order valence-electron chi connectivity index (χ0n) is 10.9. The molecule has 3 nitrogen and oxygen atoms in total. The van der Waals surface area contributed by atoms with Crippen molar-refractivity contribution in [3.8, 4) is 0 Å². The molecular weight excluding hydrogens is 470 g/mol. The quantitative estimate of drug-likeness (QED) is 0.331. The number of hydrogen-bond donors (Lipinski definition) is 1. The van der Waals surface area contributed by atoms with Crippen LogP contribution in [0.4, 0.5) is 4.79 Å². The van der Waals surface area contributed by atoms with E-state index in [2.05, 4.69) is 70.3 Å². The Morgan fingerprint density at radius 3 is 2.42 bits per heavy atom. The second-order valence-electron chi connectivity index (χ2n) is 4.48. The van der Waals surface area contributed by atoms with Crippen molar-refractivity contribution in [3.05, 3.63) is 30.9 Å². The van der Waals surface area contributed by atoms with Crippen molar-refractivity contribution in [2.45, 2.75) is 45.1 Å². The summed E-state index contributed by atoms with van der Waals surface area (Å²) in [5, 5.41) is 8.80. The van der Waals surface area contributed by atoms with Gasteiger partial charge in [0, 0.05) is 13.6 Å². The maximum atomic E-state index is 10.7. The standard InChI is InChI=1S/C14H18I2O3/c1-2-3-4-5-13(19-14(17)18)8-10-6-11(15)9-12(16)7-10/h6-7,9,13H,2-5,8H2,1H3,(H,17,18). The smallest absolute Gasteiger partial charge is 0.450 e. The molecule has 0 aliphatic carbocycles. The lowest BCUT2D eigenvalue weighted by Crippen LogP contribution is -2.19. The fraction of sp³-hybridized carbons (Fsp3) is 0.500. The molecule has 5 heteroatoms. The molecule has 0 aliphatic rings. The molecule has 0 spiro atoms. The molecule has 0 fully saturated rings. The van der Waals surface area contributed by atoms with E-state index in [0.717, 1.165) is 31.2 Å². The third kappa shape index (κ3) is 7.34. The molecule has 19 heavy (non-hydrogen) atoms. The highest BCUT2D eigenvalue weighted by Crippen LogP contribution is 2.18. The third-order valence-electron chi connectivity index (χ3n) is 2.78. The summed E-state index contributed by atoms with van der Waals surface area (Å²) in [6.45, 7) is 2.13. The topological polar surface area (TPSA) is 46.5 Å². The molecule has 1 atom stereocenters. The second kappa shape index (κ2) is 8.99. The summed E-state index contributed by atoms with van der Waals surface area (Å²) in [5.74, 6) is 0. The molecule has 1 aromatic carbocycles. The summed E-state index contributed by atoms with van der Waals surface area (Å²) in [6.07, 6.45) is 3.28. The lowest BCUT2D eigenvalue weighted by Gasteiger charge is -2.16. The summed E-state index contributed by atoms with van der Waals surface area (Å²) < 4.78 is 7.33. The van der Waals surface area contributed by atoms with Crippen LogP contribution >= 0.6 is 45.2 Å². The van der Waals surface area contributed by atoms with Crippen molar-refractivity contribution in [2.24, 2.45) is 0 Å². The minimum Gasteiger partial charge on any atom is -0.450 e. The summed E-state index contributed by atoms with van der Waals surface area (Å²) in [4.78, 5) is 10.7. The molecule has 0 heterocycles. The van der Waals surface area contributed by atoms with Gasteiger partial charge in [-0.25, -0.2) is 4.79 Å². The Morgan fingerprint density at radius 2 is 1.89 bits per heavy atom. The van der Waals surface area contributed by atoms with E-state index in [1.807, 2.05) is 0 Å². The first-order valence-corrected chi connectivity index (χ1v) is 8.51.